The maximum Gasteiger partial charge on any atom is 0.323 e. The van der Waals surface area contributed by atoms with Gasteiger partial charge in [0.05, 0.1) is 0 Å². The van der Waals surface area contributed by atoms with E-state index in [-0.39, 0.29) is 17.9 Å². The Kier molecular flexibility index (Phi) is 4.36. The molecule has 0 saturated heterocycles. The Morgan fingerprint density at radius 1 is 1.38 bits per heavy atom. The van der Waals surface area contributed by atoms with Crippen LogP contribution in [0, 0.1) is 11.8 Å². The zero-order chi connectivity index (χ0) is 12.3. The van der Waals surface area contributed by atoms with Gasteiger partial charge in [0, 0.05) is 0 Å². The molecule has 0 heterocycles. The molecule has 0 unspecified atom stereocenters. The van der Waals surface area contributed by atoms with Crippen LogP contribution in [0.25, 0.3) is 0 Å². The monoisotopic (exact) mass is 227 g/mol. The maximum absolute atomic E-state index is 11.9. The van der Waals surface area contributed by atoms with Crippen molar-refractivity contribution in [1.82, 2.24) is 5.32 Å². The molecule has 0 aromatic carbocycles. The fourth-order valence-corrected chi connectivity index (χ4v) is 1.57. The van der Waals surface area contributed by atoms with Crippen molar-refractivity contribution in [2.45, 2.75) is 59.1 Å². The first-order valence-electron chi connectivity index (χ1n) is 6.26. The van der Waals surface area contributed by atoms with Gasteiger partial charge in [-0.1, -0.05) is 13.8 Å². The molecule has 0 spiro atoms. The molecule has 1 aliphatic rings. The van der Waals surface area contributed by atoms with E-state index in [0.29, 0.717) is 0 Å². The van der Waals surface area contributed by atoms with Crippen molar-refractivity contribution in [3.8, 4) is 0 Å². The summed E-state index contributed by atoms with van der Waals surface area (Å²) in [6, 6.07) is -0.167. The second kappa shape index (κ2) is 5.17. The topological polar surface area (TPSA) is 38.3 Å². The molecule has 1 fully saturated rings. The van der Waals surface area contributed by atoms with E-state index in [9.17, 15) is 4.79 Å². The number of hydrogen-bond donors (Lipinski definition) is 1. The molecule has 1 atom stereocenters. The van der Waals surface area contributed by atoms with Gasteiger partial charge in [0.15, 0.2) is 0 Å². The Bertz CT molecular complexity index is 239. The van der Waals surface area contributed by atoms with Crippen LogP contribution in [0.2, 0.25) is 0 Å². The van der Waals surface area contributed by atoms with Crippen LogP contribution in [-0.4, -0.2) is 24.2 Å². The van der Waals surface area contributed by atoms with Gasteiger partial charge in [-0.3, -0.25) is 4.79 Å². The lowest BCUT2D eigenvalue weighted by Crippen LogP contribution is -2.45. The Morgan fingerprint density at radius 3 is 2.31 bits per heavy atom. The molecular formula is C13H25NO2. The summed E-state index contributed by atoms with van der Waals surface area (Å²) >= 11 is 0. The van der Waals surface area contributed by atoms with E-state index in [1.165, 1.54) is 12.8 Å². The molecule has 16 heavy (non-hydrogen) atoms. The minimum atomic E-state index is -0.397. The lowest BCUT2D eigenvalue weighted by molar-refractivity contribution is -0.158. The molecule has 3 nitrogen and oxygen atoms in total. The summed E-state index contributed by atoms with van der Waals surface area (Å²) in [5, 5.41) is 3.33. The van der Waals surface area contributed by atoms with E-state index in [1.807, 2.05) is 20.8 Å². The summed E-state index contributed by atoms with van der Waals surface area (Å²) in [7, 11) is 0. The maximum atomic E-state index is 11.9. The van der Waals surface area contributed by atoms with Gasteiger partial charge in [0.2, 0.25) is 0 Å². The van der Waals surface area contributed by atoms with E-state index in [4.69, 9.17) is 4.74 Å². The summed E-state index contributed by atoms with van der Waals surface area (Å²) in [5.41, 5.74) is -0.397. The van der Waals surface area contributed by atoms with Crippen molar-refractivity contribution in [2.75, 3.05) is 6.54 Å². The number of ether oxygens (including phenoxy) is 1. The summed E-state index contributed by atoms with van der Waals surface area (Å²) < 4.78 is 5.41. The fourth-order valence-electron chi connectivity index (χ4n) is 1.57. The first kappa shape index (κ1) is 13.5. The minimum Gasteiger partial charge on any atom is -0.459 e. The summed E-state index contributed by atoms with van der Waals surface area (Å²) in [6.45, 7) is 10.8. The zero-order valence-electron chi connectivity index (χ0n) is 11.2. The van der Waals surface area contributed by atoms with Gasteiger partial charge in [-0.05, 0) is 52.0 Å². The van der Waals surface area contributed by atoms with Gasteiger partial charge in [0.25, 0.3) is 0 Å². The van der Waals surface area contributed by atoms with Crippen LogP contribution in [0.1, 0.15) is 47.5 Å². The third kappa shape index (κ3) is 4.97. The van der Waals surface area contributed by atoms with E-state index >= 15 is 0 Å². The van der Waals surface area contributed by atoms with Crippen LogP contribution in [-0.2, 0) is 9.53 Å². The van der Waals surface area contributed by atoms with Crippen molar-refractivity contribution in [3.05, 3.63) is 0 Å². The third-order valence-electron chi connectivity index (χ3n) is 2.65. The van der Waals surface area contributed by atoms with Gasteiger partial charge in [0.1, 0.15) is 11.6 Å². The van der Waals surface area contributed by atoms with Crippen molar-refractivity contribution in [1.29, 1.82) is 0 Å². The average molecular weight is 227 g/mol. The largest absolute Gasteiger partial charge is 0.459 e. The highest BCUT2D eigenvalue weighted by Gasteiger charge is 2.29. The number of carbonyl (C=O) groups is 1. The Balaban J connectivity index is 2.43. The molecule has 0 bridgehead atoms. The first-order chi connectivity index (χ1) is 7.29. The number of nitrogens with one attached hydrogen (secondary N) is 1. The highest BCUT2D eigenvalue weighted by Crippen LogP contribution is 2.28. The lowest BCUT2D eigenvalue weighted by Gasteiger charge is -2.26. The Hall–Kier alpha value is -0.570. The minimum absolute atomic E-state index is 0.122. The van der Waals surface area contributed by atoms with E-state index in [2.05, 4.69) is 19.2 Å². The fraction of sp³-hybridized carbons (Fsp3) is 0.923. The third-order valence-corrected chi connectivity index (χ3v) is 2.65. The number of rotatable bonds is 5. The van der Waals surface area contributed by atoms with Crippen LogP contribution >= 0.6 is 0 Å². The summed E-state index contributed by atoms with van der Waals surface area (Å²) in [4.78, 5) is 11.9. The molecule has 0 aromatic rings. The predicted molar refractivity (Wildman–Crippen MR) is 65.2 cm³/mol. The second-order valence-electron chi connectivity index (χ2n) is 6.11. The second-order valence-corrected chi connectivity index (χ2v) is 6.11. The summed E-state index contributed by atoms with van der Waals surface area (Å²) in [5.74, 6) is 0.931. The molecule has 0 aliphatic heterocycles. The van der Waals surface area contributed by atoms with Gasteiger partial charge in [-0.2, -0.15) is 0 Å². The predicted octanol–water partition coefficient (Wildman–Crippen LogP) is 2.35. The number of hydrogen-bond acceptors (Lipinski definition) is 3. The standard InChI is InChI=1S/C13H25NO2/c1-9(2)11(14-8-10-6-7-10)12(15)16-13(3,4)5/h9-11,14H,6-8H2,1-5H3/t11-/m1/s1. The van der Waals surface area contributed by atoms with Gasteiger partial charge in [-0.25, -0.2) is 0 Å². The molecule has 1 saturated carbocycles. The summed E-state index contributed by atoms with van der Waals surface area (Å²) in [6.07, 6.45) is 2.60. The van der Waals surface area contributed by atoms with Gasteiger partial charge < -0.3 is 10.1 Å². The van der Waals surface area contributed by atoms with E-state index < -0.39 is 5.60 Å². The van der Waals surface area contributed by atoms with Crippen LogP contribution in [0.4, 0.5) is 0 Å². The van der Waals surface area contributed by atoms with Crippen molar-refractivity contribution < 1.29 is 9.53 Å². The molecule has 94 valence electrons. The SMILES string of the molecule is CC(C)[C@@H](NCC1CC1)C(=O)OC(C)(C)C. The molecule has 0 aromatic heterocycles. The quantitative estimate of drug-likeness (QED) is 0.733. The Labute approximate surface area is 98.9 Å². The molecule has 0 radical (unpaired) electrons. The normalized spacial score (nSPS) is 18.6. The van der Waals surface area contributed by atoms with Crippen LogP contribution in [0.15, 0.2) is 0 Å². The zero-order valence-corrected chi connectivity index (χ0v) is 11.2. The molecule has 1 N–H and O–H groups in total. The number of esters is 1. The van der Waals surface area contributed by atoms with Gasteiger partial charge >= 0.3 is 5.97 Å². The Morgan fingerprint density at radius 2 is 1.94 bits per heavy atom. The van der Waals surface area contributed by atoms with Crippen molar-refractivity contribution >= 4 is 5.97 Å². The molecule has 0 amide bonds. The van der Waals surface area contributed by atoms with Crippen LogP contribution in [0.5, 0.6) is 0 Å². The van der Waals surface area contributed by atoms with Gasteiger partial charge in [-0.15, -0.1) is 0 Å². The highest BCUT2D eigenvalue weighted by atomic mass is 16.6. The highest BCUT2D eigenvalue weighted by molar-refractivity contribution is 5.76. The van der Waals surface area contributed by atoms with E-state index in [1.54, 1.807) is 0 Å². The van der Waals surface area contributed by atoms with Crippen molar-refractivity contribution in [3.63, 3.8) is 0 Å². The smallest absolute Gasteiger partial charge is 0.323 e. The molecular weight excluding hydrogens is 202 g/mol. The molecule has 3 heteroatoms. The van der Waals surface area contributed by atoms with Crippen molar-refractivity contribution in [2.24, 2.45) is 11.8 Å². The van der Waals surface area contributed by atoms with Crippen LogP contribution < -0.4 is 5.32 Å². The average Bonchev–Trinajstić information content (AvgIpc) is 2.83. The van der Waals surface area contributed by atoms with Crippen LogP contribution in [0.3, 0.4) is 0 Å². The first-order valence-corrected chi connectivity index (χ1v) is 6.26. The molecule has 1 rings (SSSR count). The number of carbonyl (C=O) groups excluding carboxylic acids is 1. The van der Waals surface area contributed by atoms with E-state index in [0.717, 1.165) is 12.5 Å². The lowest BCUT2D eigenvalue weighted by atomic mass is 10.0. The molecule has 1 aliphatic carbocycles.